The predicted molar refractivity (Wildman–Crippen MR) is 278 cm³/mol. The van der Waals surface area contributed by atoms with Crippen molar-refractivity contribution in [3.8, 4) is 0 Å². The van der Waals surface area contributed by atoms with E-state index in [0.29, 0.717) is 0 Å². The average Bonchev–Trinajstić information content (AvgIpc) is 3.49. The fourth-order valence-electron chi connectivity index (χ4n) is 8.15. The van der Waals surface area contributed by atoms with Crippen LogP contribution in [0.5, 0.6) is 0 Å². The van der Waals surface area contributed by atoms with Gasteiger partial charge in [-0.05, 0) is 64.2 Å². The van der Waals surface area contributed by atoms with E-state index in [1.807, 2.05) is 13.8 Å². The zero-order valence-electron chi connectivity index (χ0n) is 47.8. The summed E-state index contributed by atoms with van der Waals surface area (Å²) in [6.07, 6.45) is -3.44. The maximum Gasteiger partial charge on any atom is 0.309 e. The number of rotatable bonds is 46. The molecule has 82 heavy (non-hydrogen) atoms. The van der Waals surface area contributed by atoms with Crippen LogP contribution in [0.4, 0.5) is 0 Å². The summed E-state index contributed by atoms with van der Waals surface area (Å²) in [7, 11) is 1.41. The summed E-state index contributed by atoms with van der Waals surface area (Å²) in [5, 5.41) is 84.9. The summed E-state index contributed by atoms with van der Waals surface area (Å²) in [5.41, 5.74) is 0. The van der Waals surface area contributed by atoms with Gasteiger partial charge < -0.3 is 93.3 Å². The molecule has 29 nitrogen and oxygen atoms in total. The molecule has 0 saturated carbocycles. The average molecular weight is 1190 g/mol. The second kappa shape index (κ2) is 48.8. The highest BCUT2D eigenvalue weighted by molar-refractivity contribution is 5.82. The van der Waals surface area contributed by atoms with Gasteiger partial charge in [-0.1, -0.05) is 27.7 Å². The molecule has 0 radical (unpaired) electrons. The van der Waals surface area contributed by atoms with E-state index in [0.717, 1.165) is 6.42 Å². The molecule has 0 amide bonds. The quantitative estimate of drug-likeness (QED) is 0.0238. The highest BCUT2D eigenvalue weighted by Crippen LogP contribution is 2.36. The van der Waals surface area contributed by atoms with E-state index in [1.54, 1.807) is 6.92 Å². The lowest BCUT2D eigenvalue weighted by atomic mass is 9.77. The van der Waals surface area contributed by atoms with Crippen LogP contribution in [-0.2, 0) is 95.3 Å². The van der Waals surface area contributed by atoms with Crippen LogP contribution in [0.1, 0.15) is 91.9 Å². The summed E-state index contributed by atoms with van der Waals surface area (Å²) < 4.78 is 51.0. The van der Waals surface area contributed by atoms with Crippen LogP contribution in [0.2, 0.25) is 0 Å². The molecule has 29 heteroatoms. The van der Waals surface area contributed by atoms with E-state index in [-0.39, 0.29) is 44.4 Å². The third kappa shape index (κ3) is 34.1. The number of methoxy groups -OCH3 is 1. The van der Waals surface area contributed by atoms with E-state index in [4.69, 9.17) is 47.7 Å². The molecule has 9 N–H and O–H groups in total. The maximum absolute atomic E-state index is 14.0. The van der Waals surface area contributed by atoms with Crippen molar-refractivity contribution in [2.45, 2.75) is 91.9 Å². The zero-order valence-corrected chi connectivity index (χ0v) is 47.8. The molecule has 0 spiro atoms. The van der Waals surface area contributed by atoms with Gasteiger partial charge in [0.15, 0.2) is 0 Å². The topological polar surface area (TPSA) is 445 Å². The van der Waals surface area contributed by atoms with Crippen LogP contribution in [0, 0.1) is 59.2 Å². The number of ether oxygens (including phenoxy) is 10. The number of hydrogen-bond donors (Lipinski definition) is 9. The Balaban J connectivity index is 0. The van der Waals surface area contributed by atoms with E-state index in [2.05, 4.69) is 4.74 Å². The van der Waals surface area contributed by atoms with Gasteiger partial charge in [0, 0.05) is 0 Å². The molecule has 0 aliphatic rings. The number of aliphatic hydroxyl groups is 9. The molecule has 10 unspecified atom stereocenters. The molecule has 0 fully saturated rings. The first-order chi connectivity index (χ1) is 39.2. The minimum absolute atomic E-state index is 0.0556. The van der Waals surface area contributed by atoms with Crippen molar-refractivity contribution < 1.29 is 141 Å². The number of carbonyl (C=O) groups excluding carboxylic acids is 10. The lowest BCUT2D eigenvalue weighted by molar-refractivity contribution is -0.160. The van der Waals surface area contributed by atoms with Gasteiger partial charge in [-0.2, -0.15) is 0 Å². The SMILES string of the molecule is CCC(C)C(=O)OC.CCC(CC(CC(CC(CC(CC(CC(CC(CC(C)C(=O)OCCO)C(=O)OCCO)C(=O)OCCO)C(=O)OCCO)C(=O)OCCO)C(=O)OCCO)C(=O)OCCO)C(=O)OCCO)C(=O)OCCO. The number of esters is 10. The lowest BCUT2D eigenvalue weighted by Crippen LogP contribution is -2.36. The largest absolute Gasteiger partial charge is 0.469 e. The number of aliphatic hydroxyl groups excluding tert-OH is 9. The first kappa shape index (κ1) is 78.4. The Morgan fingerprint density at radius 2 is 0.439 bits per heavy atom. The van der Waals surface area contributed by atoms with Gasteiger partial charge in [0.05, 0.1) is 126 Å². The summed E-state index contributed by atoms with van der Waals surface area (Å²) in [6, 6.07) is 0. The summed E-state index contributed by atoms with van der Waals surface area (Å²) in [5.74, 6) is -22.0. The summed E-state index contributed by atoms with van der Waals surface area (Å²) in [4.78, 5) is 133. The van der Waals surface area contributed by atoms with Gasteiger partial charge >= 0.3 is 59.7 Å². The van der Waals surface area contributed by atoms with Crippen molar-refractivity contribution in [2.24, 2.45) is 59.2 Å². The van der Waals surface area contributed by atoms with Gasteiger partial charge in [0.1, 0.15) is 59.5 Å². The molecular formula is C53H90O29. The second-order valence-corrected chi connectivity index (χ2v) is 18.6. The smallest absolute Gasteiger partial charge is 0.309 e. The van der Waals surface area contributed by atoms with Gasteiger partial charge in [0.25, 0.3) is 0 Å². The standard InChI is InChI=1S/C47H78O27.C6H12O2/c1-3-31(40(58)67-14-5-49)23-33(42(60)69-16-7-51)25-35(44(62)71-18-9-53)27-37(46(64)73-20-11-55)29-38(47(65)74-21-12-56)28-36(45(63)72-19-10-54)26-34(43(61)70-17-8-52)24-32(41(59)68-15-6-50)22-30(2)39(57)66-13-4-48;1-4-5(2)6(7)8-3/h30-38,48-56H,3-29H2,1-2H3;5H,4H2,1-3H3. The first-order valence-corrected chi connectivity index (χ1v) is 27.2. The molecule has 476 valence electrons. The minimum atomic E-state index is -1.63. The van der Waals surface area contributed by atoms with E-state index < -0.39 is 251 Å². The minimum Gasteiger partial charge on any atom is -0.469 e. The van der Waals surface area contributed by atoms with E-state index in [1.165, 1.54) is 14.0 Å². The van der Waals surface area contributed by atoms with Crippen molar-refractivity contribution in [3.05, 3.63) is 0 Å². The number of hydrogen-bond acceptors (Lipinski definition) is 29. The summed E-state index contributed by atoms with van der Waals surface area (Å²) in [6.45, 7) is -3.61. The van der Waals surface area contributed by atoms with Crippen LogP contribution in [0.3, 0.4) is 0 Å². The molecule has 0 aromatic rings. The Bertz CT molecular complexity index is 1830. The highest BCUT2D eigenvalue weighted by atomic mass is 16.6. The Labute approximate surface area is 477 Å². The van der Waals surface area contributed by atoms with Crippen LogP contribution in [-0.4, -0.2) is 232 Å². The van der Waals surface area contributed by atoms with E-state index in [9.17, 15) is 88.8 Å². The molecular weight excluding hydrogens is 1100 g/mol. The van der Waals surface area contributed by atoms with Crippen LogP contribution >= 0.6 is 0 Å². The fraction of sp³-hybridized carbons (Fsp3) is 0.811. The third-order valence-electron chi connectivity index (χ3n) is 12.4. The molecule has 0 aromatic heterocycles. The van der Waals surface area contributed by atoms with Gasteiger partial charge in [-0.25, -0.2) is 0 Å². The Morgan fingerprint density at radius 3 is 0.610 bits per heavy atom. The molecule has 10 atom stereocenters. The Hall–Kier alpha value is -5.66. The molecule has 0 aromatic carbocycles. The zero-order chi connectivity index (χ0) is 62.4. The first-order valence-electron chi connectivity index (χ1n) is 27.2. The second-order valence-electron chi connectivity index (χ2n) is 18.6. The molecule has 0 bridgehead atoms. The Kier molecular flexibility index (Phi) is 46.7. The van der Waals surface area contributed by atoms with Crippen LogP contribution in [0.15, 0.2) is 0 Å². The normalized spacial score (nSPS) is 14.6. The summed E-state index contributed by atoms with van der Waals surface area (Å²) >= 11 is 0. The van der Waals surface area contributed by atoms with Crippen LogP contribution in [0.25, 0.3) is 0 Å². The maximum atomic E-state index is 14.0. The van der Waals surface area contributed by atoms with Gasteiger partial charge in [0.2, 0.25) is 0 Å². The fourth-order valence-corrected chi connectivity index (χ4v) is 8.15. The van der Waals surface area contributed by atoms with Crippen molar-refractivity contribution in [3.63, 3.8) is 0 Å². The predicted octanol–water partition coefficient (Wildman–Crippen LogP) is -1.89. The van der Waals surface area contributed by atoms with Crippen molar-refractivity contribution in [1.82, 2.24) is 0 Å². The molecule has 0 aliphatic heterocycles. The van der Waals surface area contributed by atoms with Crippen molar-refractivity contribution in [2.75, 3.05) is 126 Å². The monoisotopic (exact) mass is 1190 g/mol. The number of carbonyl (C=O) groups is 10. The van der Waals surface area contributed by atoms with Crippen molar-refractivity contribution >= 4 is 59.7 Å². The molecule has 0 rings (SSSR count). The lowest BCUT2D eigenvalue weighted by Gasteiger charge is -2.29. The van der Waals surface area contributed by atoms with Gasteiger partial charge in [-0.3, -0.25) is 47.9 Å². The van der Waals surface area contributed by atoms with Crippen molar-refractivity contribution in [1.29, 1.82) is 0 Å². The highest BCUT2D eigenvalue weighted by Gasteiger charge is 2.42. The molecule has 0 saturated heterocycles. The molecule has 0 aliphatic carbocycles. The van der Waals surface area contributed by atoms with Gasteiger partial charge in [-0.15, -0.1) is 0 Å². The Morgan fingerprint density at radius 1 is 0.256 bits per heavy atom. The molecule has 0 heterocycles. The third-order valence-corrected chi connectivity index (χ3v) is 12.4. The van der Waals surface area contributed by atoms with E-state index >= 15 is 0 Å². The van der Waals surface area contributed by atoms with Crippen LogP contribution < -0.4 is 0 Å².